The van der Waals surface area contributed by atoms with E-state index in [2.05, 4.69) is 16.1 Å². The Labute approximate surface area is 74.4 Å². The molecule has 1 aromatic rings. The quantitative estimate of drug-likeness (QED) is 0.369. The largest absolute Gasteiger partial charge is 0.125 e. The van der Waals surface area contributed by atoms with Crippen LogP contribution in [-0.4, -0.2) is 5.75 Å². The molecule has 0 N–H and O–H groups in total. The molecule has 0 radical (unpaired) electrons. The number of fused-ring (bicyclic) bond motifs is 1. The first-order valence-electron chi connectivity index (χ1n) is 3.68. The molecule has 0 fully saturated rings. The van der Waals surface area contributed by atoms with E-state index in [1.807, 2.05) is 18.2 Å². The molecular weight excluding hydrogens is 170 g/mol. The number of hydrogen-bond donors (Lipinski definition) is 0. The molecule has 1 aromatic carbocycles. The minimum atomic E-state index is 0.0381. The van der Waals surface area contributed by atoms with Crippen LogP contribution in [0.2, 0.25) is 0 Å². The highest BCUT2D eigenvalue weighted by molar-refractivity contribution is 7.99. The maximum Gasteiger partial charge on any atom is 0.0730 e. The van der Waals surface area contributed by atoms with Crippen molar-refractivity contribution in [1.29, 1.82) is 0 Å². The highest BCUT2D eigenvalue weighted by atomic mass is 32.2. The SMILES string of the molecule is [N-]=[N+]=N[C@H]1CSc2ccccc21. The molecule has 1 aliphatic rings. The molecule has 0 saturated carbocycles. The Hall–Kier alpha value is -1.12. The van der Waals surface area contributed by atoms with Crippen LogP contribution in [-0.2, 0) is 0 Å². The van der Waals surface area contributed by atoms with Crippen LogP contribution in [0, 0.1) is 0 Å². The molecule has 0 unspecified atom stereocenters. The Morgan fingerprint density at radius 2 is 2.33 bits per heavy atom. The monoisotopic (exact) mass is 177 g/mol. The standard InChI is InChI=1S/C8H7N3S/c9-11-10-7-5-12-8-4-2-1-3-6(7)8/h1-4,7H,5H2/t7-/m0/s1. The van der Waals surface area contributed by atoms with Crippen LogP contribution < -0.4 is 0 Å². The zero-order valence-corrected chi connectivity index (χ0v) is 7.16. The maximum absolute atomic E-state index is 8.30. The van der Waals surface area contributed by atoms with Gasteiger partial charge in [0, 0.05) is 15.6 Å². The van der Waals surface area contributed by atoms with Crippen molar-refractivity contribution in [3.8, 4) is 0 Å². The Bertz CT molecular complexity index is 344. The lowest BCUT2D eigenvalue weighted by Gasteiger charge is -2.00. The lowest BCUT2D eigenvalue weighted by atomic mass is 10.1. The van der Waals surface area contributed by atoms with Crippen molar-refractivity contribution in [2.45, 2.75) is 10.9 Å². The van der Waals surface area contributed by atoms with Gasteiger partial charge in [-0.15, -0.1) is 11.8 Å². The van der Waals surface area contributed by atoms with Crippen molar-refractivity contribution < 1.29 is 0 Å². The molecule has 4 heteroatoms. The summed E-state index contributed by atoms with van der Waals surface area (Å²) in [5.74, 6) is 0.878. The molecule has 0 bridgehead atoms. The highest BCUT2D eigenvalue weighted by Gasteiger charge is 2.20. The van der Waals surface area contributed by atoms with Gasteiger partial charge >= 0.3 is 0 Å². The molecule has 1 heterocycles. The number of rotatable bonds is 1. The zero-order valence-electron chi connectivity index (χ0n) is 6.34. The maximum atomic E-state index is 8.30. The van der Waals surface area contributed by atoms with Crippen molar-refractivity contribution in [3.63, 3.8) is 0 Å². The predicted octanol–water partition coefficient (Wildman–Crippen LogP) is 3.14. The van der Waals surface area contributed by atoms with E-state index < -0.39 is 0 Å². The molecule has 0 spiro atoms. The van der Waals surface area contributed by atoms with Gasteiger partial charge in [-0.1, -0.05) is 23.3 Å². The average molecular weight is 177 g/mol. The van der Waals surface area contributed by atoms with Crippen LogP contribution in [0.15, 0.2) is 34.3 Å². The number of benzene rings is 1. The van der Waals surface area contributed by atoms with Crippen LogP contribution in [0.25, 0.3) is 10.4 Å². The van der Waals surface area contributed by atoms with Crippen molar-refractivity contribution in [2.75, 3.05) is 5.75 Å². The van der Waals surface area contributed by atoms with E-state index in [0.29, 0.717) is 0 Å². The molecular formula is C8H7N3S. The third-order valence-corrected chi connectivity index (χ3v) is 3.03. The smallest absolute Gasteiger partial charge is 0.0730 e. The first-order valence-corrected chi connectivity index (χ1v) is 4.66. The fourth-order valence-corrected chi connectivity index (χ4v) is 2.43. The summed E-state index contributed by atoms with van der Waals surface area (Å²) in [6.07, 6.45) is 0. The second-order valence-electron chi connectivity index (χ2n) is 2.57. The minimum absolute atomic E-state index is 0.0381. The van der Waals surface area contributed by atoms with E-state index in [-0.39, 0.29) is 6.04 Å². The summed E-state index contributed by atoms with van der Waals surface area (Å²) in [5.41, 5.74) is 9.47. The Morgan fingerprint density at radius 1 is 1.50 bits per heavy atom. The van der Waals surface area contributed by atoms with Crippen LogP contribution in [0.4, 0.5) is 0 Å². The van der Waals surface area contributed by atoms with Gasteiger partial charge in [-0.2, -0.15) is 0 Å². The van der Waals surface area contributed by atoms with E-state index in [1.165, 1.54) is 10.5 Å². The van der Waals surface area contributed by atoms with Crippen LogP contribution in [0.1, 0.15) is 11.6 Å². The molecule has 0 aliphatic carbocycles. The second-order valence-corrected chi connectivity index (χ2v) is 3.63. The van der Waals surface area contributed by atoms with Gasteiger partial charge in [0.1, 0.15) is 0 Å². The molecule has 60 valence electrons. The fraction of sp³-hybridized carbons (Fsp3) is 0.250. The molecule has 0 aromatic heterocycles. The molecule has 1 atom stereocenters. The third kappa shape index (κ3) is 1.15. The van der Waals surface area contributed by atoms with E-state index in [0.717, 1.165) is 5.75 Å². The normalized spacial score (nSPS) is 19.8. The van der Waals surface area contributed by atoms with E-state index in [9.17, 15) is 0 Å². The summed E-state index contributed by atoms with van der Waals surface area (Å²) in [7, 11) is 0. The van der Waals surface area contributed by atoms with Crippen molar-refractivity contribution in [2.24, 2.45) is 5.11 Å². The van der Waals surface area contributed by atoms with Gasteiger partial charge in [0.25, 0.3) is 0 Å². The second kappa shape index (κ2) is 3.09. The molecule has 0 saturated heterocycles. The van der Waals surface area contributed by atoms with Gasteiger partial charge in [0.05, 0.1) is 6.04 Å². The van der Waals surface area contributed by atoms with Crippen LogP contribution in [0.5, 0.6) is 0 Å². The third-order valence-electron chi connectivity index (χ3n) is 1.87. The summed E-state index contributed by atoms with van der Waals surface area (Å²) in [5, 5.41) is 3.72. The lowest BCUT2D eigenvalue weighted by molar-refractivity contribution is 0.823. The lowest BCUT2D eigenvalue weighted by Crippen LogP contribution is -1.89. The van der Waals surface area contributed by atoms with Gasteiger partial charge < -0.3 is 0 Å². The minimum Gasteiger partial charge on any atom is -0.125 e. The molecule has 12 heavy (non-hydrogen) atoms. The topological polar surface area (TPSA) is 48.8 Å². The summed E-state index contributed by atoms with van der Waals surface area (Å²) in [4.78, 5) is 4.07. The van der Waals surface area contributed by atoms with Gasteiger partial charge in [-0.3, -0.25) is 0 Å². The van der Waals surface area contributed by atoms with Gasteiger partial charge in [0.2, 0.25) is 0 Å². The Kier molecular flexibility index (Phi) is 1.94. The Balaban J connectivity index is 2.42. The molecule has 0 amide bonds. The first-order chi connectivity index (χ1) is 5.92. The summed E-state index contributed by atoms with van der Waals surface area (Å²) < 4.78 is 0. The van der Waals surface area contributed by atoms with Gasteiger partial charge in [0.15, 0.2) is 0 Å². The van der Waals surface area contributed by atoms with E-state index in [4.69, 9.17) is 5.53 Å². The van der Waals surface area contributed by atoms with Crippen molar-refractivity contribution >= 4 is 11.8 Å². The number of thioether (sulfide) groups is 1. The zero-order chi connectivity index (χ0) is 8.39. The molecule has 2 rings (SSSR count). The average Bonchev–Trinajstić information content (AvgIpc) is 2.50. The van der Waals surface area contributed by atoms with Crippen LogP contribution in [0.3, 0.4) is 0 Å². The highest BCUT2D eigenvalue weighted by Crippen LogP contribution is 2.39. The summed E-state index contributed by atoms with van der Waals surface area (Å²) >= 11 is 1.75. The molecule has 3 nitrogen and oxygen atoms in total. The van der Waals surface area contributed by atoms with Crippen molar-refractivity contribution in [1.82, 2.24) is 0 Å². The number of hydrogen-bond acceptors (Lipinski definition) is 2. The fourth-order valence-electron chi connectivity index (χ4n) is 1.30. The van der Waals surface area contributed by atoms with E-state index >= 15 is 0 Å². The van der Waals surface area contributed by atoms with Gasteiger partial charge in [-0.25, -0.2) is 0 Å². The van der Waals surface area contributed by atoms with E-state index in [1.54, 1.807) is 11.8 Å². The molecule has 1 aliphatic heterocycles. The van der Waals surface area contributed by atoms with Gasteiger partial charge in [-0.05, 0) is 17.2 Å². The van der Waals surface area contributed by atoms with Crippen LogP contribution >= 0.6 is 11.8 Å². The first kappa shape index (κ1) is 7.53. The Morgan fingerprint density at radius 3 is 3.17 bits per heavy atom. The number of nitrogens with zero attached hydrogens (tertiary/aromatic N) is 3. The summed E-state index contributed by atoms with van der Waals surface area (Å²) in [6, 6.07) is 8.10. The predicted molar refractivity (Wildman–Crippen MR) is 49.1 cm³/mol. The number of azide groups is 1. The summed E-state index contributed by atoms with van der Waals surface area (Å²) in [6.45, 7) is 0. The van der Waals surface area contributed by atoms with Crippen molar-refractivity contribution in [3.05, 3.63) is 40.3 Å².